The highest BCUT2D eigenvalue weighted by atomic mass is 79.9. The lowest BCUT2D eigenvalue weighted by molar-refractivity contribution is -0.946. The highest BCUT2D eigenvalue weighted by Crippen LogP contribution is 2.39. The van der Waals surface area contributed by atoms with E-state index in [1.807, 2.05) is 30.3 Å². The first kappa shape index (κ1) is 28.8. The third-order valence-electron chi connectivity index (χ3n) is 8.81. The van der Waals surface area contributed by atoms with E-state index < -0.39 is 5.54 Å². The molecule has 0 saturated carbocycles. The van der Waals surface area contributed by atoms with Crippen LogP contribution in [0.2, 0.25) is 0 Å². The van der Waals surface area contributed by atoms with Crippen molar-refractivity contribution in [2.45, 2.75) is 64.5 Å². The maximum absolute atomic E-state index is 13.9. The lowest BCUT2D eigenvalue weighted by atomic mass is 9.82. The Kier molecular flexibility index (Phi) is 9.75. The summed E-state index contributed by atoms with van der Waals surface area (Å²) in [5, 5.41) is 0. The summed E-state index contributed by atoms with van der Waals surface area (Å²) in [6.45, 7) is 8.18. The van der Waals surface area contributed by atoms with Crippen LogP contribution in [0.15, 0.2) is 54.6 Å². The minimum absolute atomic E-state index is 0. The molecule has 2 atom stereocenters. The van der Waals surface area contributed by atoms with Gasteiger partial charge < -0.3 is 26.2 Å². The van der Waals surface area contributed by atoms with Gasteiger partial charge in [-0.1, -0.05) is 56.3 Å². The molecular weight excluding hydrogens is 519 g/mol. The van der Waals surface area contributed by atoms with Crippen molar-refractivity contribution in [3.63, 3.8) is 0 Å². The van der Waals surface area contributed by atoms with Gasteiger partial charge in [-0.05, 0) is 56.1 Å². The molecule has 0 N–H and O–H groups in total. The second-order valence-electron chi connectivity index (χ2n) is 10.8. The number of nitrogens with zero attached hydrogens (tertiary/aromatic N) is 2. The van der Waals surface area contributed by atoms with Crippen LogP contribution in [0.3, 0.4) is 0 Å². The molecule has 2 aromatic rings. The number of hydrogen-bond acceptors (Lipinski definition) is 3. The summed E-state index contributed by atoms with van der Waals surface area (Å²) in [5.74, 6) is 0.198. The van der Waals surface area contributed by atoms with Gasteiger partial charge in [0.25, 0.3) is 0 Å². The summed E-state index contributed by atoms with van der Waals surface area (Å²) in [6, 6.07) is 17.1. The number of fused-ring (bicyclic) bond motifs is 3. The summed E-state index contributed by atoms with van der Waals surface area (Å²) < 4.78 is 20.8. The average Bonchev–Trinajstić information content (AvgIpc) is 2.89. The minimum Gasteiger partial charge on any atom is -1.00 e. The Morgan fingerprint density at radius 2 is 1.67 bits per heavy atom. The van der Waals surface area contributed by atoms with E-state index in [-0.39, 0.29) is 42.3 Å². The zero-order chi connectivity index (χ0) is 23.6. The number of carbonyl (C=O) groups excluding carboxylic acids is 1. The van der Waals surface area contributed by atoms with Gasteiger partial charge in [0.05, 0.1) is 19.6 Å². The highest BCUT2D eigenvalue weighted by Gasteiger charge is 2.50. The molecule has 0 aliphatic carbocycles. The fraction of sp³-hybridized carbons (Fsp3) is 0.567. The minimum atomic E-state index is -0.743. The molecule has 6 rings (SSSR count). The van der Waals surface area contributed by atoms with E-state index in [1.165, 1.54) is 12.0 Å². The number of hydrogen-bond donors (Lipinski definition) is 0. The monoisotopic (exact) mass is 560 g/mol. The van der Waals surface area contributed by atoms with Crippen molar-refractivity contribution in [3.05, 3.63) is 71.5 Å². The van der Waals surface area contributed by atoms with Crippen molar-refractivity contribution in [2.75, 3.05) is 39.3 Å². The van der Waals surface area contributed by atoms with Gasteiger partial charge in [0.15, 0.2) is 6.10 Å². The summed E-state index contributed by atoms with van der Waals surface area (Å²) in [5.41, 5.74) is 1.47. The van der Waals surface area contributed by atoms with Gasteiger partial charge >= 0.3 is 5.97 Å². The molecule has 4 aliphatic heterocycles. The van der Waals surface area contributed by atoms with Crippen LogP contribution >= 0.6 is 0 Å². The lowest BCUT2D eigenvalue weighted by Gasteiger charge is -2.53. The summed E-state index contributed by atoms with van der Waals surface area (Å²) in [7, 11) is 0. The largest absolute Gasteiger partial charge is 1.00 e. The topological polar surface area (TPSA) is 29.5 Å². The predicted octanol–water partition coefficient (Wildman–Crippen LogP) is 2.56. The van der Waals surface area contributed by atoms with E-state index in [0.29, 0.717) is 5.92 Å². The van der Waals surface area contributed by atoms with Gasteiger partial charge in [-0.25, -0.2) is 9.18 Å². The Balaban J connectivity index is 0.00000180. The first-order valence-electron chi connectivity index (χ1n) is 13.1. The summed E-state index contributed by atoms with van der Waals surface area (Å²) >= 11 is 0. The van der Waals surface area contributed by atoms with Gasteiger partial charge in [-0.15, -0.1) is 0 Å². The first-order valence-corrected chi connectivity index (χ1v) is 13.1. The van der Waals surface area contributed by atoms with Crippen molar-refractivity contribution in [2.24, 2.45) is 5.92 Å². The van der Waals surface area contributed by atoms with Crippen molar-refractivity contribution in [1.29, 1.82) is 0 Å². The maximum atomic E-state index is 13.9. The van der Waals surface area contributed by atoms with E-state index in [1.54, 1.807) is 12.1 Å². The third kappa shape index (κ3) is 5.87. The number of halogens is 2. The zero-order valence-electron chi connectivity index (χ0n) is 20.8. The summed E-state index contributed by atoms with van der Waals surface area (Å²) in [4.78, 5) is 16.3. The SMILES string of the molecule is C.C[C@@](C(=O)O[C@H]1C[N+]2(CCc3ccc(F)cc3)CCC1CC2)(c1ccccc1)N1CCCCC1.[Br-]. The van der Waals surface area contributed by atoms with E-state index in [9.17, 15) is 9.18 Å². The van der Waals surface area contributed by atoms with Gasteiger partial charge in [0, 0.05) is 25.2 Å². The Bertz CT molecular complexity index is 972. The van der Waals surface area contributed by atoms with E-state index >= 15 is 0 Å². The molecule has 0 radical (unpaired) electrons. The van der Waals surface area contributed by atoms with Crippen molar-refractivity contribution < 1.29 is 35.4 Å². The van der Waals surface area contributed by atoms with Gasteiger partial charge in [0.2, 0.25) is 0 Å². The number of carbonyl (C=O) groups is 1. The smallest absolute Gasteiger partial charge is 0.331 e. The molecule has 0 amide bonds. The molecule has 2 bridgehead atoms. The highest BCUT2D eigenvalue weighted by molar-refractivity contribution is 5.82. The normalized spacial score (nSPS) is 27.3. The summed E-state index contributed by atoms with van der Waals surface area (Å²) in [6.07, 6.45) is 6.64. The van der Waals surface area contributed by atoms with Crippen LogP contribution in [0.4, 0.5) is 4.39 Å². The first-order chi connectivity index (χ1) is 16.5. The lowest BCUT2D eigenvalue weighted by Crippen LogP contribution is -3.00. The number of likely N-dealkylation sites (tertiary alicyclic amines) is 1. The number of piperidine rings is 4. The molecule has 0 unspecified atom stereocenters. The number of benzene rings is 2. The van der Waals surface area contributed by atoms with Crippen molar-refractivity contribution in [1.82, 2.24) is 4.90 Å². The van der Waals surface area contributed by atoms with Gasteiger partial charge in [-0.2, -0.15) is 0 Å². The standard InChI is InChI=1S/C29H38FN2O2.CH4.BrH/c1-29(25-8-4-2-5-9-25,31-17-6-3-7-18-31)28(33)34-27-22-32(20-15-24(27)16-21-32)19-14-23-10-12-26(30)13-11-23;;/h2,4-5,8-13,24,27H,3,6-7,14-22H2,1H3;1H4;1H/q+1;;/p-1/t24?,27-,29-,32?;;/m0../s1. The third-order valence-corrected chi connectivity index (χ3v) is 8.81. The fourth-order valence-corrected chi connectivity index (χ4v) is 6.47. The number of esters is 1. The molecule has 6 heteroatoms. The number of quaternary nitrogens is 1. The molecule has 4 aliphatic rings. The van der Waals surface area contributed by atoms with E-state index in [0.717, 1.165) is 81.4 Å². The molecule has 36 heavy (non-hydrogen) atoms. The van der Waals surface area contributed by atoms with Crippen LogP contribution in [0.5, 0.6) is 0 Å². The molecule has 2 aromatic carbocycles. The molecule has 0 aromatic heterocycles. The van der Waals surface area contributed by atoms with Crippen LogP contribution in [0.25, 0.3) is 0 Å². The Morgan fingerprint density at radius 3 is 2.31 bits per heavy atom. The fourth-order valence-electron chi connectivity index (χ4n) is 6.47. The second-order valence-corrected chi connectivity index (χ2v) is 10.8. The molecule has 198 valence electrons. The second kappa shape index (κ2) is 12.2. The molecule has 4 fully saturated rings. The van der Waals surface area contributed by atoms with E-state index in [2.05, 4.69) is 24.0 Å². The molecular formula is C30H42BrFN2O2. The van der Waals surface area contributed by atoms with Crippen LogP contribution < -0.4 is 17.0 Å². The Hall–Kier alpha value is -1.76. The molecule has 4 nitrogen and oxygen atoms in total. The maximum Gasteiger partial charge on any atom is 0.331 e. The van der Waals surface area contributed by atoms with E-state index in [4.69, 9.17) is 4.74 Å². The molecule has 4 saturated heterocycles. The van der Waals surface area contributed by atoms with Crippen LogP contribution in [0.1, 0.15) is 57.6 Å². The van der Waals surface area contributed by atoms with Crippen molar-refractivity contribution in [3.8, 4) is 0 Å². The van der Waals surface area contributed by atoms with Gasteiger partial charge in [0.1, 0.15) is 17.9 Å². The Morgan fingerprint density at radius 1 is 1.03 bits per heavy atom. The van der Waals surface area contributed by atoms with Crippen LogP contribution in [-0.4, -0.2) is 60.7 Å². The van der Waals surface area contributed by atoms with Gasteiger partial charge in [-0.3, -0.25) is 4.90 Å². The van der Waals surface area contributed by atoms with Crippen LogP contribution in [-0.2, 0) is 21.5 Å². The zero-order valence-corrected chi connectivity index (χ0v) is 22.4. The van der Waals surface area contributed by atoms with Crippen LogP contribution in [0, 0.1) is 11.7 Å². The molecule has 0 spiro atoms. The predicted molar refractivity (Wildman–Crippen MR) is 138 cm³/mol. The number of ether oxygens (including phenoxy) is 1. The molecule has 4 heterocycles. The average molecular weight is 562 g/mol. The quantitative estimate of drug-likeness (QED) is 0.385. The number of rotatable bonds is 7. The Labute approximate surface area is 227 Å². The van der Waals surface area contributed by atoms with Crippen molar-refractivity contribution >= 4 is 5.97 Å².